The molecule has 2 aromatic carbocycles. The van der Waals surface area contributed by atoms with Crippen molar-refractivity contribution in [2.45, 2.75) is 0 Å². The summed E-state index contributed by atoms with van der Waals surface area (Å²) < 4.78 is 0.947. The van der Waals surface area contributed by atoms with E-state index in [1.54, 1.807) is 36.4 Å². The number of benzene rings is 2. The SMILES string of the molecule is NC(=NO)c1ccc(Cl)cc1NC(=O)c1cccc(I)c1. The summed E-state index contributed by atoms with van der Waals surface area (Å²) in [6.07, 6.45) is 0. The Morgan fingerprint density at radius 1 is 1.29 bits per heavy atom. The molecule has 0 unspecified atom stereocenters. The lowest BCUT2D eigenvalue weighted by molar-refractivity contribution is 0.102. The van der Waals surface area contributed by atoms with Gasteiger partial charge in [0.1, 0.15) is 0 Å². The number of carbonyl (C=O) groups is 1. The fraction of sp³-hybridized carbons (Fsp3) is 0. The van der Waals surface area contributed by atoms with Crippen molar-refractivity contribution in [3.05, 3.63) is 62.2 Å². The van der Waals surface area contributed by atoms with Crippen molar-refractivity contribution in [3.8, 4) is 0 Å². The van der Waals surface area contributed by atoms with Crippen LogP contribution in [0.15, 0.2) is 47.6 Å². The Bertz CT molecular complexity index is 719. The van der Waals surface area contributed by atoms with Gasteiger partial charge in [-0.3, -0.25) is 4.79 Å². The van der Waals surface area contributed by atoms with Gasteiger partial charge in [-0.05, 0) is 59.0 Å². The Labute approximate surface area is 139 Å². The monoisotopic (exact) mass is 415 g/mol. The third-order valence-corrected chi connectivity index (χ3v) is 3.61. The molecule has 5 nitrogen and oxygen atoms in total. The number of rotatable bonds is 3. The van der Waals surface area contributed by atoms with Crippen molar-refractivity contribution in [2.75, 3.05) is 5.32 Å². The molecule has 7 heteroatoms. The first-order chi connectivity index (χ1) is 10.0. The van der Waals surface area contributed by atoms with E-state index in [0.717, 1.165) is 3.57 Å². The summed E-state index contributed by atoms with van der Waals surface area (Å²) in [6.45, 7) is 0. The highest BCUT2D eigenvalue weighted by Gasteiger charge is 2.12. The topological polar surface area (TPSA) is 87.7 Å². The minimum absolute atomic E-state index is 0.107. The molecule has 21 heavy (non-hydrogen) atoms. The first kappa shape index (κ1) is 15.6. The first-order valence-electron chi connectivity index (χ1n) is 5.85. The van der Waals surface area contributed by atoms with Gasteiger partial charge in [-0.15, -0.1) is 0 Å². The predicted octanol–water partition coefficient (Wildman–Crippen LogP) is 3.29. The summed E-state index contributed by atoms with van der Waals surface area (Å²) in [6, 6.07) is 11.8. The molecule has 1 amide bonds. The zero-order valence-electron chi connectivity index (χ0n) is 10.7. The summed E-state index contributed by atoms with van der Waals surface area (Å²) in [5, 5.41) is 14.9. The van der Waals surface area contributed by atoms with Crippen molar-refractivity contribution in [2.24, 2.45) is 10.9 Å². The third kappa shape index (κ3) is 3.85. The minimum atomic E-state index is -0.303. The van der Waals surface area contributed by atoms with Gasteiger partial charge in [-0.1, -0.05) is 22.8 Å². The molecule has 0 atom stereocenters. The molecule has 0 aliphatic rings. The second-order valence-corrected chi connectivity index (χ2v) is 5.82. The number of nitrogens with zero attached hydrogens (tertiary/aromatic N) is 1. The second kappa shape index (κ2) is 6.77. The van der Waals surface area contributed by atoms with Crippen LogP contribution in [0.4, 0.5) is 5.69 Å². The van der Waals surface area contributed by atoms with Gasteiger partial charge in [0.05, 0.1) is 5.69 Å². The molecule has 0 fully saturated rings. The lowest BCUT2D eigenvalue weighted by Crippen LogP contribution is -2.19. The van der Waals surface area contributed by atoms with E-state index < -0.39 is 0 Å². The van der Waals surface area contributed by atoms with Crippen LogP contribution in [0.2, 0.25) is 5.02 Å². The lowest BCUT2D eigenvalue weighted by atomic mass is 10.1. The molecule has 0 aromatic heterocycles. The fourth-order valence-electron chi connectivity index (χ4n) is 1.72. The summed E-state index contributed by atoms with van der Waals surface area (Å²) in [7, 11) is 0. The van der Waals surface area contributed by atoms with Gasteiger partial charge in [-0.25, -0.2) is 0 Å². The quantitative estimate of drug-likeness (QED) is 0.236. The highest BCUT2D eigenvalue weighted by atomic mass is 127. The zero-order valence-corrected chi connectivity index (χ0v) is 13.6. The van der Waals surface area contributed by atoms with Crippen LogP contribution in [0, 0.1) is 3.57 Å². The number of hydrogen-bond donors (Lipinski definition) is 3. The van der Waals surface area contributed by atoms with Crippen LogP contribution in [0.5, 0.6) is 0 Å². The Balaban J connectivity index is 2.35. The summed E-state index contributed by atoms with van der Waals surface area (Å²) in [5.74, 6) is -0.410. The molecule has 0 aliphatic heterocycles. The Hall–Kier alpha value is -1.80. The minimum Gasteiger partial charge on any atom is -0.409 e. The zero-order chi connectivity index (χ0) is 15.4. The molecule has 0 spiro atoms. The largest absolute Gasteiger partial charge is 0.409 e. The number of halogens is 2. The van der Waals surface area contributed by atoms with Gasteiger partial charge >= 0.3 is 0 Å². The number of hydrogen-bond acceptors (Lipinski definition) is 3. The molecule has 4 N–H and O–H groups in total. The molecule has 2 aromatic rings. The van der Waals surface area contributed by atoms with E-state index in [0.29, 0.717) is 21.8 Å². The molecule has 108 valence electrons. The summed E-state index contributed by atoms with van der Waals surface area (Å²) in [5.41, 5.74) is 6.86. The smallest absolute Gasteiger partial charge is 0.255 e. The Kier molecular flexibility index (Phi) is 5.03. The average Bonchev–Trinajstić information content (AvgIpc) is 2.46. The molecule has 0 heterocycles. The van der Waals surface area contributed by atoms with Crippen molar-refractivity contribution < 1.29 is 10.0 Å². The number of amidine groups is 1. The van der Waals surface area contributed by atoms with Crippen LogP contribution in [0.25, 0.3) is 0 Å². The van der Waals surface area contributed by atoms with E-state index in [1.807, 2.05) is 6.07 Å². The molecular weight excluding hydrogens is 405 g/mol. The number of oxime groups is 1. The molecular formula is C14H11ClIN3O2. The predicted molar refractivity (Wildman–Crippen MR) is 91.1 cm³/mol. The molecule has 0 radical (unpaired) electrons. The highest BCUT2D eigenvalue weighted by molar-refractivity contribution is 14.1. The Morgan fingerprint density at radius 2 is 2.05 bits per heavy atom. The van der Waals surface area contributed by atoms with E-state index in [1.165, 1.54) is 0 Å². The van der Waals surface area contributed by atoms with Crippen LogP contribution >= 0.6 is 34.2 Å². The van der Waals surface area contributed by atoms with Crippen molar-refractivity contribution in [1.29, 1.82) is 0 Å². The van der Waals surface area contributed by atoms with E-state index in [9.17, 15) is 4.79 Å². The van der Waals surface area contributed by atoms with E-state index >= 15 is 0 Å². The highest BCUT2D eigenvalue weighted by Crippen LogP contribution is 2.22. The van der Waals surface area contributed by atoms with E-state index in [4.69, 9.17) is 22.5 Å². The van der Waals surface area contributed by atoms with Crippen molar-refractivity contribution in [1.82, 2.24) is 0 Å². The maximum absolute atomic E-state index is 12.2. The Morgan fingerprint density at radius 3 is 2.71 bits per heavy atom. The van der Waals surface area contributed by atoms with Crippen LogP contribution in [0.3, 0.4) is 0 Å². The average molecular weight is 416 g/mol. The van der Waals surface area contributed by atoms with Gasteiger partial charge < -0.3 is 16.3 Å². The standard InChI is InChI=1S/C14H11ClIN3O2/c15-9-4-5-11(13(17)19-21)12(7-9)18-14(20)8-2-1-3-10(16)6-8/h1-7,21H,(H2,17,19)(H,18,20). The van der Waals surface area contributed by atoms with Crippen molar-refractivity contribution >= 4 is 51.6 Å². The fourth-order valence-corrected chi connectivity index (χ4v) is 2.44. The number of carbonyl (C=O) groups excluding carboxylic acids is 1. The van der Waals surface area contributed by atoms with E-state index in [-0.39, 0.29) is 11.7 Å². The van der Waals surface area contributed by atoms with Crippen LogP contribution in [-0.2, 0) is 0 Å². The lowest BCUT2D eigenvalue weighted by Gasteiger charge is -2.11. The van der Waals surface area contributed by atoms with Crippen LogP contribution in [-0.4, -0.2) is 17.0 Å². The number of nitrogens with two attached hydrogens (primary N) is 1. The number of amides is 1. The van der Waals surface area contributed by atoms with Gasteiger partial charge in [0.2, 0.25) is 0 Å². The van der Waals surface area contributed by atoms with Gasteiger partial charge in [0, 0.05) is 19.7 Å². The number of nitrogens with one attached hydrogen (secondary N) is 1. The van der Waals surface area contributed by atoms with Gasteiger partial charge in [0.15, 0.2) is 5.84 Å². The molecule has 0 aliphatic carbocycles. The first-order valence-corrected chi connectivity index (χ1v) is 7.31. The third-order valence-electron chi connectivity index (χ3n) is 2.70. The van der Waals surface area contributed by atoms with Crippen LogP contribution in [0.1, 0.15) is 15.9 Å². The molecule has 0 saturated heterocycles. The maximum Gasteiger partial charge on any atom is 0.255 e. The maximum atomic E-state index is 12.2. The second-order valence-electron chi connectivity index (χ2n) is 4.14. The van der Waals surface area contributed by atoms with E-state index in [2.05, 4.69) is 33.1 Å². The van der Waals surface area contributed by atoms with Crippen molar-refractivity contribution in [3.63, 3.8) is 0 Å². The summed E-state index contributed by atoms with van der Waals surface area (Å²) in [4.78, 5) is 12.2. The number of anilines is 1. The summed E-state index contributed by atoms with van der Waals surface area (Å²) >= 11 is 8.05. The van der Waals surface area contributed by atoms with Gasteiger partial charge in [-0.2, -0.15) is 0 Å². The normalized spacial score (nSPS) is 11.2. The van der Waals surface area contributed by atoms with Crippen LogP contribution < -0.4 is 11.1 Å². The molecule has 0 saturated carbocycles. The molecule has 2 rings (SSSR count). The van der Waals surface area contributed by atoms with Gasteiger partial charge in [0.25, 0.3) is 5.91 Å². The molecule has 0 bridgehead atoms.